The molecule has 3 rings (SSSR count). The van der Waals surface area contributed by atoms with Crippen molar-refractivity contribution < 1.29 is 19.1 Å². The van der Waals surface area contributed by atoms with Crippen LogP contribution in [0.3, 0.4) is 0 Å². The largest absolute Gasteiger partial charge is 0.493 e. The minimum absolute atomic E-state index is 0.235. The number of nitrogens with zero attached hydrogens (tertiary/aromatic N) is 1. The first-order valence-corrected chi connectivity index (χ1v) is 10.2. The van der Waals surface area contributed by atoms with Gasteiger partial charge in [0.2, 0.25) is 0 Å². The molecule has 1 saturated heterocycles. The third-order valence-corrected chi connectivity index (χ3v) is 5.26. The normalized spacial score (nSPS) is 14.0. The van der Waals surface area contributed by atoms with Gasteiger partial charge in [-0.15, -0.1) is 0 Å². The van der Waals surface area contributed by atoms with Gasteiger partial charge in [-0.1, -0.05) is 23.7 Å². The van der Waals surface area contributed by atoms with Crippen LogP contribution in [0.2, 0.25) is 5.02 Å². The van der Waals surface area contributed by atoms with E-state index in [0.29, 0.717) is 23.2 Å². The lowest BCUT2D eigenvalue weighted by atomic mass is 10.0. The summed E-state index contributed by atoms with van der Waals surface area (Å²) in [7, 11) is 1.56. The number of carbonyl (C=O) groups is 2. The third kappa shape index (κ3) is 6.37. The van der Waals surface area contributed by atoms with E-state index in [9.17, 15) is 9.59 Å². The lowest BCUT2D eigenvalue weighted by molar-refractivity contribution is -0.148. The van der Waals surface area contributed by atoms with Crippen molar-refractivity contribution in [2.45, 2.75) is 13.5 Å². The monoisotopic (exact) mass is 431 g/mol. The first-order chi connectivity index (χ1) is 14.4. The first kappa shape index (κ1) is 21.9. The van der Waals surface area contributed by atoms with Gasteiger partial charge in [0, 0.05) is 36.8 Å². The molecule has 2 amide bonds. The molecule has 1 aliphatic heterocycles. The number of carbonyl (C=O) groups excluding carboxylic acids is 2. The summed E-state index contributed by atoms with van der Waals surface area (Å²) < 4.78 is 11.1. The van der Waals surface area contributed by atoms with Crippen LogP contribution in [0, 0.1) is 12.8 Å². The van der Waals surface area contributed by atoms with Crippen LogP contribution < -0.4 is 15.4 Å². The molecule has 0 aromatic heterocycles. The fraction of sp³-hybridized carbons (Fsp3) is 0.364. The molecule has 30 heavy (non-hydrogen) atoms. The molecular formula is C22H26ClN3O4. The molecule has 0 atom stereocenters. The summed E-state index contributed by atoms with van der Waals surface area (Å²) >= 11 is 6.01. The van der Waals surface area contributed by atoms with E-state index in [1.807, 2.05) is 42.2 Å². The van der Waals surface area contributed by atoms with Crippen LogP contribution in [0.5, 0.6) is 5.75 Å². The zero-order chi connectivity index (χ0) is 21.5. The van der Waals surface area contributed by atoms with Gasteiger partial charge in [0.05, 0.1) is 13.2 Å². The molecule has 0 saturated carbocycles. The molecule has 1 fully saturated rings. The molecule has 2 aromatic rings. The standard InChI is InChI=1S/C22H26ClN3O4/c1-15-9-16(3-8-20(15)23)13-30-21(27)12-26-10-17(11-26)14-29-19-6-4-18(5-7-19)25-22(28)24-2/h3-9,17H,10-14H2,1-2H3,(H2,24,25,28). The van der Waals surface area contributed by atoms with E-state index in [0.717, 1.165) is 30.0 Å². The lowest BCUT2D eigenvalue weighted by Crippen LogP contribution is -2.51. The predicted octanol–water partition coefficient (Wildman–Crippen LogP) is 3.45. The highest BCUT2D eigenvalue weighted by Gasteiger charge is 2.29. The molecule has 0 bridgehead atoms. The molecule has 160 valence electrons. The first-order valence-electron chi connectivity index (χ1n) is 9.77. The van der Waals surface area contributed by atoms with Gasteiger partial charge < -0.3 is 20.1 Å². The van der Waals surface area contributed by atoms with Gasteiger partial charge >= 0.3 is 12.0 Å². The molecule has 1 heterocycles. The topological polar surface area (TPSA) is 79.9 Å². The zero-order valence-electron chi connectivity index (χ0n) is 17.1. The predicted molar refractivity (Wildman–Crippen MR) is 116 cm³/mol. The van der Waals surface area contributed by atoms with Crippen molar-refractivity contribution in [3.63, 3.8) is 0 Å². The number of aryl methyl sites for hydroxylation is 1. The van der Waals surface area contributed by atoms with Gasteiger partial charge in [0.25, 0.3) is 0 Å². The van der Waals surface area contributed by atoms with Crippen molar-refractivity contribution in [1.29, 1.82) is 0 Å². The number of nitrogens with one attached hydrogen (secondary N) is 2. The van der Waals surface area contributed by atoms with Crippen molar-refractivity contribution in [3.8, 4) is 5.75 Å². The van der Waals surface area contributed by atoms with E-state index < -0.39 is 0 Å². The number of likely N-dealkylation sites (tertiary alicyclic amines) is 1. The van der Waals surface area contributed by atoms with E-state index in [1.54, 1.807) is 19.2 Å². The van der Waals surface area contributed by atoms with E-state index >= 15 is 0 Å². The van der Waals surface area contributed by atoms with Crippen molar-refractivity contribution in [2.24, 2.45) is 5.92 Å². The lowest BCUT2D eigenvalue weighted by Gasteiger charge is -2.38. The second-order valence-corrected chi connectivity index (χ2v) is 7.75. The molecule has 2 aromatic carbocycles. The van der Waals surface area contributed by atoms with E-state index in [-0.39, 0.29) is 25.2 Å². The SMILES string of the molecule is CNC(=O)Nc1ccc(OCC2CN(CC(=O)OCc3ccc(Cl)c(C)c3)C2)cc1. The number of esters is 1. The number of ether oxygens (including phenoxy) is 2. The second-order valence-electron chi connectivity index (χ2n) is 7.34. The Kier molecular flexibility index (Phi) is 7.54. The molecule has 0 radical (unpaired) electrons. The van der Waals surface area contributed by atoms with Crippen molar-refractivity contribution >= 4 is 29.3 Å². The third-order valence-electron chi connectivity index (χ3n) is 4.83. The maximum Gasteiger partial charge on any atom is 0.320 e. The Balaban J connectivity index is 1.31. The molecule has 1 aliphatic rings. The Morgan fingerprint density at radius 1 is 1.17 bits per heavy atom. The molecule has 7 nitrogen and oxygen atoms in total. The van der Waals surface area contributed by atoms with Crippen LogP contribution >= 0.6 is 11.6 Å². The number of urea groups is 1. The van der Waals surface area contributed by atoms with E-state index in [1.165, 1.54) is 0 Å². The molecule has 0 spiro atoms. The van der Waals surface area contributed by atoms with E-state index in [2.05, 4.69) is 10.6 Å². The maximum absolute atomic E-state index is 12.0. The number of hydrogen-bond donors (Lipinski definition) is 2. The highest BCUT2D eigenvalue weighted by molar-refractivity contribution is 6.31. The van der Waals surface area contributed by atoms with Crippen molar-refractivity contribution in [2.75, 3.05) is 38.6 Å². The molecule has 0 unspecified atom stereocenters. The number of rotatable bonds is 8. The van der Waals surface area contributed by atoms with Crippen molar-refractivity contribution in [1.82, 2.24) is 10.2 Å². The molecule has 8 heteroatoms. The number of hydrogen-bond acceptors (Lipinski definition) is 5. The molecule has 0 aliphatic carbocycles. The van der Waals surface area contributed by atoms with Crippen LogP contribution in [0.25, 0.3) is 0 Å². The summed E-state index contributed by atoms with van der Waals surface area (Å²) in [6, 6.07) is 12.5. The van der Waals surface area contributed by atoms with Gasteiger partial charge in [0.1, 0.15) is 12.4 Å². The average Bonchev–Trinajstić information content (AvgIpc) is 2.71. The highest BCUT2D eigenvalue weighted by atomic mass is 35.5. The van der Waals surface area contributed by atoms with Crippen LogP contribution in [0.1, 0.15) is 11.1 Å². The number of halogens is 1. The minimum Gasteiger partial charge on any atom is -0.493 e. The average molecular weight is 432 g/mol. The van der Waals surface area contributed by atoms with Crippen LogP contribution in [-0.4, -0.2) is 50.2 Å². The number of amides is 2. The highest BCUT2D eigenvalue weighted by Crippen LogP contribution is 2.20. The second kappa shape index (κ2) is 10.3. The molecular weight excluding hydrogens is 406 g/mol. The quantitative estimate of drug-likeness (QED) is 0.626. The van der Waals surface area contributed by atoms with Crippen LogP contribution in [0.4, 0.5) is 10.5 Å². The van der Waals surface area contributed by atoms with Gasteiger partial charge in [-0.05, 0) is 48.4 Å². The van der Waals surface area contributed by atoms with Gasteiger partial charge in [-0.2, -0.15) is 0 Å². The Labute approximate surface area is 181 Å². The Hall–Kier alpha value is -2.77. The summed E-state index contributed by atoms with van der Waals surface area (Å²) in [5.41, 5.74) is 2.59. The Morgan fingerprint density at radius 2 is 1.90 bits per heavy atom. The van der Waals surface area contributed by atoms with Crippen LogP contribution in [0.15, 0.2) is 42.5 Å². The fourth-order valence-electron chi connectivity index (χ4n) is 3.14. The number of benzene rings is 2. The van der Waals surface area contributed by atoms with Gasteiger partial charge in [0.15, 0.2) is 0 Å². The maximum atomic E-state index is 12.0. The van der Waals surface area contributed by atoms with Crippen molar-refractivity contribution in [3.05, 3.63) is 58.6 Å². The summed E-state index contributed by atoms with van der Waals surface area (Å²) in [5.74, 6) is 0.884. The smallest absolute Gasteiger partial charge is 0.320 e. The summed E-state index contributed by atoms with van der Waals surface area (Å²) in [4.78, 5) is 25.4. The summed E-state index contributed by atoms with van der Waals surface area (Å²) in [6.07, 6.45) is 0. The zero-order valence-corrected chi connectivity index (χ0v) is 17.9. The van der Waals surface area contributed by atoms with Crippen LogP contribution in [-0.2, 0) is 16.1 Å². The Bertz CT molecular complexity index is 882. The van der Waals surface area contributed by atoms with Gasteiger partial charge in [-0.3, -0.25) is 9.69 Å². The summed E-state index contributed by atoms with van der Waals surface area (Å²) in [6.45, 7) is 4.63. The van der Waals surface area contributed by atoms with Gasteiger partial charge in [-0.25, -0.2) is 4.79 Å². The minimum atomic E-state index is -0.264. The Morgan fingerprint density at radius 3 is 2.57 bits per heavy atom. The number of anilines is 1. The summed E-state index contributed by atoms with van der Waals surface area (Å²) in [5, 5.41) is 5.90. The van der Waals surface area contributed by atoms with E-state index in [4.69, 9.17) is 21.1 Å². The molecule has 2 N–H and O–H groups in total. The fourth-order valence-corrected chi connectivity index (χ4v) is 3.26.